The molecule has 0 bridgehead atoms. The summed E-state index contributed by atoms with van der Waals surface area (Å²) in [6.45, 7) is 1.82. The Bertz CT molecular complexity index is 235. The number of thioether (sulfide) groups is 1. The summed E-state index contributed by atoms with van der Waals surface area (Å²) < 4.78 is 12.5. The predicted octanol–water partition coefficient (Wildman–Crippen LogP) is 2.28. The van der Waals surface area contributed by atoms with E-state index in [4.69, 9.17) is 0 Å². The van der Waals surface area contributed by atoms with Gasteiger partial charge in [0, 0.05) is 18.8 Å². The maximum Gasteiger partial charge on any atom is 0.123 e. The van der Waals surface area contributed by atoms with Crippen LogP contribution in [0.2, 0.25) is 0 Å². The third-order valence-electron chi connectivity index (χ3n) is 1.73. The fourth-order valence-electron chi connectivity index (χ4n) is 1.01. The second kappa shape index (κ2) is 6.00. The van der Waals surface area contributed by atoms with Crippen molar-refractivity contribution in [1.29, 1.82) is 0 Å². The van der Waals surface area contributed by atoms with Crippen LogP contribution >= 0.6 is 11.8 Å². The fourth-order valence-corrected chi connectivity index (χ4v) is 1.36. The first-order chi connectivity index (χ1) is 6.33. The lowest BCUT2D eigenvalue weighted by Crippen LogP contribution is -2.16. The molecule has 0 aromatic heterocycles. The third kappa shape index (κ3) is 4.29. The number of rotatable bonds is 5. The molecule has 1 N–H and O–H groups in total. The van der Waals surface area contributed by atoms with Crippen molar-refractivity contribution in [2.45, 2.75) is 6.54 Å². The van der Waals surface area contributed by atoms with Crippen LogP contribution in [0.1, 0.15) is 5.56 Å². The molecule has 0 aliphatic rings. The molecule has 1 aromatic carbocycles. The molecule has 0 radical (unpaired) electrons. The van der Waals surface area contributed by atoms with Gasteiger partial charge in [0.1, 0.15) is 5.82 Å². The van der Waals surface area contributed by atoms with Crippen LogP contribution < -0.4 is 5.32 Å². The van der Waals surface area contributed by atoms with E-state index in [1.54, 1.807) is 12.1 Å². The van der Waals surface area contributed by atoms with Gasteiger partial charge < -0.3 is 5.32 Å². The van der Waals surface area contributed by atoms with Crippen molar-refractivity contribution in [3.63, 3.8) is 0 Å². The highest BCUT2D eigenvalue weighted by Crippen LogP contribution is 2.01. The first-order valence-corrected chi connectivity index (χ1v) is 5.66. The third-order valence-corrected chi connectivity index (χ3v) is 2.34. The van der Waals surface area contributed by atoms with Crippen molar-refractivity contribution in [2.75, 3.05) is 18.6 Å². The van der Waals surface area contributed by atoms with Gasteiger partial charge in [0.15, 0.2) is 0 Å². The van der Waals surface area contributed by atoms with E-state index in [9.17, 15) is 4.39 Å². The number of hydrogen-bond acceptors (Lipinski definition) is 2. The zero-order chi connectivity index (χ0) is 9.52. The molecule has 0 fully saturated rings. The van der Waals surface area contributed by atoms with E-state index < -0.39 is 0 Å². The molecule has 1 aromatic rings. The number of hydrogen-bond donors (Lipinski definition) is 1. The summed E-state index contributed by atoms with van der Waals surface area (Å²) in [5, 5.41) is 3.28. The van der Waals surface area contributed by atoms with Crippen LogP contribution in [0.15, 0.2) is 24.3 Å². The van der Waals surface area contributed by atoms with Gasteiger partial charge in [-0.15, -0.1) is 0 Å². The quantitative estimate of drug-likeness (QED) is 0.730. The number of nitrogens with one attached hydrogen (secondary N) is 1. The SMILES string of the molecule is CSCCNCc1ccc(F)cc1. The molecular weight excluding hydrogens is 185 g/mol. The molecule has 1 nitrogen and oxygen atoms in total. The largest absolute Gasteiger partial charge is 0.312 e. The lowest BCUT2D eigenvalue weighted by Gasteiger charge is -2.03. The van der Waals surface area contributed by atoms with Crippen molar-refractivity contribution in [2.24, 2.45) is 0 Å². The van der Waals surface area contributed by atoms with E-state index in [0.717, 1.165) is 24.4 Å². The second-order valence-corrected chi connectivity index (χ2v) is 3.78. The molecule has 3 heteroatoms. The van der Waals surface area contributed by atoms with Crippen LogP contribution in [0, 0.1) is 5.82 Å². The topological polar surface area (TPSA) is 12.0 Å². The standard InChI is InChI=1S/C10H14FNS/c1-13-7-6-12-8-9-2-4-10(11)5-3-9/h2-5,12H,6-8H2,1H3. The monoisotopic (exact) mass is 199 g/mol. The zero-order valence-corrected chi connectivity index (χ0v) is 8.53. The van der Waals surface area contributed by atoms with E-state index >= 15 is 0 Å². The van der Waals surface area contributed by atoms with Crippen molar-refractivity contribution >= 4 is 11.8 Å². The summed E-state index contributed by atoms with van der Waals surface area (Å²) in [5.74, 6) is 0.939. The molecule has 0 saturated heterocycles. The summed E-state index contributed by atoms with van der Waals surface area (Å²) in [6, 6.07) is 6.60. The van der Waals surface area contributed by atoms with E-state index in [-0.39, 0.29) is 5.82 Å². The first-order valence-electron chi connectivity index (χ1n) is 4.27. The molecule has 0 spiro atoms. The Morgan fingerprint density at radius 2 is 2.00 bits per heavy atom. The Balaban J connectivity index is 2.25. The molecule has 0 aliphatic heterocycles. The van der Waals surface area contributed by atoms with E-state index in [0.29, 0.717) is 0 Å². The summed E-state index contributed by atoms with van der Waals surface area (Å²) >= 11 is 1.82. The lowest BCUT2D eigenvalue weighted by atomic mass is 10.2. The van der Waals surface area contributed by atoms with Crippen LogP contribution in [0.3, 0.4) is 0 Å². The highest BCUT2D eigenvalue weighted by atomic mass is 32.2. The van der Waals surface area contributed by atoms with Gasteiger partial charge in [-0.05, 0) is 24.0 Å². The Morgan fingerprint density at radius 3 is 2.62 bits per heavy atom. The number of halogens is 1. The van der Waals surface area contributed by atoms with Crippen LogP contribution in [-0.2, 0) is 6.54 Å². The minimum absolute atomic E-state index is 0.173. The number of benzene rings is 1. The fraction of sp³-hybridized carbons (Fsp3) is 0.400. The van der Waals surface area contributed by atoms with Crippen molar-refractivity contribution in [3.05, 3.63) is 35.6 Å². The van der Waals surface area contributed by atoms with Gasteiger partial charge in [0.2, 0.25) is 0 Å². The minimum Gasteiger partial charge on any atom is -0.312 e. The summed E-state index contributed by atoms with van der Waals surface area (Å²) in [7, 11) is 0. The highest BCUT2D eigenvalue weighted by molar-refractivity contribution is 7.98. The normalized spacial score (nSPS) is 10.3. The van der Waals surface area contributed by atoms with Gasteiger partial charge >= 0.3 is 0 Å². The Morgan fingerprint density at radius 1 is 1.31 bits per heavy atom. The van der Waals surface area contributed by atoms with E-state index in [1.807, 2.05) is 11.8 Å². The molecule has 0 atom stereocenters. The van der Waals surface area contributed by atoms with Crippen LogP contribution in [0.4, 0.5) is 4.39 Å². The Hall–Kier alpha value is -0.540. The smallest absolute Gasteiger partial charge is 0.123 e. The molecular formula is C10H14FNS. The van der Waals surface area contributed by atoms with Crippen molar-refractivity contribution in [3.8, 4) is 0 Å². The van der Waals surface area contributed by atoms with Crippen LogP contribution in [-0.4, -0.2) is 18.6 Å². The summed E-state index contributed by atoms with van der Waals surface area (Å²) in [6.07, 6.45) is 2.08. The van der Waals surface area contributed by atoms with Gasteiger partial charge in [-0.1, -0.05) is 12.1 Å². The molecule has 13 heavy (non-hydrogen) atoms. The van der Waals surface area contributed by atoms with Crippen molar-refractivity contribution in [1.82, 2.24) is 5.32 Å². The maximum atomic E-state index is 12.5. The Kier molecular flexibility index (Phi) is 4.86. The molecule has 0 saturated carbocycles. The first kappa shape index (κ1) is 10.5. The summed E-state index contributed by atoms with van der Waals surface area (Å²) in [4.78, 5) is 0. The predicted molar refractivity (Wildman–Crippen MR) is 56.5 cm³/mol. The molecule has 72 valence electrons. The lowest BCUT2D eigenvalue weighted by molar-refractivity contribution is 0.625. The van der Waals surface area contributed by atoms with Crippen LogP contribution in [0.25, 0.3) is 0 Å². The maximum absolute atomic E-state index is 12.5. The molecule has 0 unspecified atom stereocenters. The molecule has 1 rings (SSSR count). The summed E-state index contributed by atoms with van der Waals surface area (Å²) in [5.41, 5.74) is 1.13. The van der Waals surface area contributed by atoms with Crippen molar-refractivity contribution < 1.29 is 4.39 Å². The average molecular weight is 199 g/mol. The minimum atomic E-state index is -0.173. The Labute approximate surface area is 82.7 Å². The van der Waals surface area contributed by atoms with Gasteiger partial charge in [-0.25, -0.2) is 4.39 Å². The molecule has 0 aliphatic carbocycles. The highest BCUT2D eigenvalue weighted by Gasteiger charge is 1.92. The van der Waals surface area contributed by atoms with Gasteiger partial charge in [0.05, 0.1) is 0 Å². The average Bonchev–Trinajstić information content (AvgIpc) is 2.15. The van der Waals surface area contributed by atoms with E-state index in [1.165, 1.54) is 12.1 Å². The van der Waals surface area contributed by atoms with Gasteiger partial charge in [-0.2, -0.15) is 11.8 Å². The van der Waals surface area contributed by atoms with Gasteiger partial charge in [0.25, 0.3) is 0 Å². The second-order valence-electron chi connectivity index (χ2n) is 2.80. The molecule has 0 amide bonds. The molecule has 0 heterocycles. The van der Waals surface area contributed by atoms with Crippen LogP contribution in [0.5, 0.6) is 0 Å². The zero-order valence-electron chi connectivity index (χ0n) is 7.72. The van der Waals surface area contributed by atoms with Gasteiger partial charge in [-0.3, -0.25) is 0 Å². The van der Waals surface area contributed by atoms with E-state index in [2.05, 4.69) is 11.6 Å².